The maximum atomic E-state index is 12.2. The highest BCUT2D eigenvalue weighted by Crippen LogP contribution is 2.20. The molecule has 0 spiro atoms. The summed E-state index contributed by atoms with van der Waals surface area (Å²) < 4.78 is 26.8. The molecular weight excluding hydrogens is 286 g/mol. The molecule has 2 N–H and O–H groups in total. The molecule has 0 bridgehead atoms. The maximum Gasteiger partial charge on any atom is 0.240 e. The predicted molar refractivity (Wildman–Crippen MR) is 85.8 cm³/mol. The number of hydrogen-bond donors (Lipinski definition) is 2. The minimum atomic E-state index is -3.55. The van der Waals surface area contributed by atoms with E-state index in [2.05, 4.69) is 18.6 Å². The van der Waals surface area contributed by atoms with Gasteiger partial charge in [0.05, 0.1) is 11.0 Å². The lowest BCUT2D eigenvalue weighted by molar-refractivity contribution is 0.152. The topological polar surface area (TPSA) is 66.4 Å². The van der Waals surface area contributed by atoms with E-state index >= 15 is 0 Å². The van der Waals surface area contributed by atoms with Crippen molar-refractivity contribution in [3.05, 3.63) is 29.8 Å². The highest BCUT2D eigenvalue weighted by Gasteiger charge is 2.16. The van der Waals surface area contributed by atoms with Gasteiger partial charge in [-0.1, -0.05) is 39.8 Å². The minimum absolute atomic E-state index is 0.0492. The van der Waals surface area contributed by atoms with Gasteiger partial charge in [0.1, 0.15) is 0 Å². The Labute approximate surface area is 128 Å². The van der Waals surface area contributed by atoms with Crippen LogP contribution >= 0.6 is 0 Å². The van der Waals surface area contributed by atoms with Crippen molar-refractivity contribution in [1.82, 2.24) is 4.72 Å². The normalized spacial score (nSPS) is 15.1. The fourth-order valence-corrected chi connectivity index (χ4v) is 3.20. The third-order valence-electron chi connectivity index (χ3n) is 3.62. The van der Waals surface area contributed by atoms with E-state index in [1.807, 2.05) is 26.0 Å². The number of aliphatic hydroxyl groups excluding tert-OH is 1. The molecule has 2 unspecified atom stereocenters. The van der Waals surface area contributed by atoms with Crippen LogP contribution in [0, 0.1) is 5.92 Å². The van der Waals surface area contributed by atoms with Gasteiger partial charge in [-0.05, 0) is 42.4 Å². The van der Waals surface area contributed by atoms with Crippen molar-refractivity contribution in [1.29, 1.82) is 0 Å². The minimum Gasteiger partial charge on any atom is -0.392 e. The SMILES string of the molecule is CCC(C)c1ccc(S(=O)(=O)NCC(O)CC(C)C)cc1. The molecule has 0 aliphatic carbocycles. The number of benzene rings is 1. The molecule has 4 nitrogen and oxygen atoms in total. The Kier molecular flexibility index (Phi) is 6.84. The van der Waals surface area contributed by atoms with Gasteiger partial charge < -0.3 is 5.11 Å². The Morgan fingerprint density at radius 1 is 1.14 bits per heavy atom. The van der Waals surface area contributed by atoms with Gasteiger partial charge in [-0.25, -0.2) is 13.1 Å². The lowest BCUT2D eigenvalue weighted by Crippen LogP contribution is -2.32. The molecule has 2 atom stereocenters. The summed E-state index contributed by atoms with van der Waals surface area (Å²) in [6.45, 7) is 8.25. The third kappa shape index (κ3) is 5.77. The largest absolute Gasteiger partial charge is 0.392 e. The van der Waals surface area contributed by atoms with E-state index in [9.17, 15) is 13.5 Å². The van der Waals surface area contributed by atoms with Crippen LogP contribution in [0.25, 0.3) is 0 Å². The summed E-state index contributed by atoms with van der Waals surface area (Å²) in [6.07, 6.45) is 0.945. The molecule has 1 rings (SSSR count). The smallest absolute Gasteiger partial charge is 0.240 e. The summed E-state index contributed by atoms with van der Waals surface area (Å²) >= 11 is 0. The van der Waals surface area contributed by atoms with Gasteiger partial charge in [-0.3, -0.25) is 0 Å². The zero-order valence-electron chi connectivity index (χ0n) is 13.3. The van der Waals surface area contributed by atoms with E-state index in [4.69, 9.17) is 0 Å². The van der Waals surface area contributed by atoms with Crippen LogP contribution in [0.5, 0.6) is 0 Å². The molecule has 21 heavy (non-hydrogen) atoms. The Morgan fingerprint density at radius 2 is 1.71 bits per heavy atom. The Morgan fingerprint density at radius 3 is 2.19 bits per heavy atom. The van der Waals surface area contributed by atoms with Crippen LogP contribution in [0.15, 0.2) is 29.2 Å². The Balaban J connectivity index is 2.70. The number of hydrogen-bond acceptors (Lipinski definition) is 3. The van der Waals surface area contributed by atoms with Crippen molar-refractivity contribution < 1.29 is 13.5 Å². The summed E-state index contributed by atoms with van der Waals surface area (Å²) in [7, 11) is -3.55. The second-order valence-corrected chi connectivity index (χ2v) is 7.78. The number of sulfonamides is 1. The molecule has 0 amide bonds. The van der Waals surface area contributed by atoms with Crippen LogP contribution in [-0.2, 0) is 10.0 Å². The molecule has 0 aliphatic heterocycles. The fourth-order valence-electron chi connectivity index (χ4n) is 2.13. The van der Waals surface area contributed by atoms with Crippen molar-refractivity contribution in [3.63, 3.8) is 0 Å². The lowest BCUT2D eigenvalue weighted by Gasteiger charge is -2.14. The Hall–Kier alpha value is -0.910. The second kappa shape index (κ2) is 7.92. The van der Waals surface area contributed by atoms with Crippen LogP contribution in [0.2, 0.25) is 0 Å². The number of rotatable bonds is 8. The monoisotopic (exact) mass is 313 g/mol. The third-order valence-corrected chi connectivity index (χ3v) is 5.06. The first-order valence-corrected chi connectivity index (χ1v) is 9.02. The standard InChI is InChI=1S/C16H27NO3S/c1-5-13(4)14-6-8-16(9-7-14)21(19,20)17-11-15(18)10-12(2)3/h6-9,12-13,15,17-18H,5,10-11H2,1-4H3. The van der Waals surface area contributed by atoms with E-state index in [0.29, 0.717) is 18.3 Å². The molecule has 0 saturated heterocycles. The first-order valence-electron chi connectivity index (χ1n) is 7.54. The molecule has 0 fully saturated rings. The van der Waals surface area contributed by atoms with Crippen molar-refractivity contribution in [2.24, 2.45) is 5.92 Å². The quantitative estimate of drug-likeness (QED) is 0.775. The zero-order chi connectivity index (χ0) is 16.0. The van der Waals surface area contributed by atoms with Gasteiger partial charge >= 0.3 is 0 Å². The van der Waals surface area contributed by atoms with Crippen molar-refractivity contribution in [2.45, 2.75) is 57.5 Å². The van der Waals surface area contributed by atoms with E-state index in [1.54, 1.807) is 12.1 Å². The van der Waals surface area contributed by atoms with Gasteiger partial charge in [0.15, 0.2) is 0 Å². The van der Waals surface area contributed by atoms with E-state index in [-0.39, 0.29) is 11.4 Å². The molecule has 0 aromatic heterocycles. The molecule has 5 heteroatoms. The fraction of sp³-hybridized carbons (Fsp3) is 0.625. The summed E-state index contributed by atoms with van der Waals surface area (Å²) in [5.74, 6) is 0.752. The van der Waals surface area contributed by atoms with Crippen LogP contribution in [0.4, 0.5) is 0 Å². The first-order chi connectivity index (χ1) is 9.76. The van der Waals surface area contributed by atoms with Crippen molar-refractivity contribution in [3.8, 4) is 0 Å². The molecule has 1 aromatic rings. The van der Waals surface area contributed by atoms with E-state index < -0.39 is 16.1 Å². The maximum absolute atomic E-state index is 12.2. The van der Waals surface area contributed by atoms with Crippen molar-refractivity contribution >= 4 is 10.0 Å². The van der Waals surface area contributed by atoms with Gasteiger partial charge in [-0.15, -0.1) is 0 Å². The highest BCUT2D eigenvalue weighted by atomic mass is 32.2. The average Bonchev–Trinajstić information content (AvgIpc) is 2.44. The lowest BCUT2D eigenvalue weighted by atomic mass is 9.99. The zero-order valence-corrected chi connectivity index (χ0v) is 14.2. The predicted octanol–water partition coefficient (Wildman–Crippen LogP) is 2.89. The van der Waals surface area contributed by atoms with E-state index in [1.165, 1.54) is 0 Å². The van der Waals surface area contributed by atoms with Gasteiger partial charge in [-0.2, -0.15) is 0 Å². The van der Waals surface area contributed by atoms with Crippen LogP contribution in [-0.4, -0.2) is 26.2 Å². The van der Waals surface area contributed by atoms with Crippen molar-refractivity contribution in [2.75, 3.05) is 6.54 Å². The Bertz CT molecular complexity index is 523. The van der Waals surface area contributed by atoms with Crippen LogP contribution in [0.3, 0.4) is 0 Å². The van der Waals surface area contributed by atoms with Gasteiger partial charge in [0.25, 0.3) is 0 Å². The van der Waals surface area contributed by atoms with Gasteiger partial charge in [0, 0.05) is 6.54 Å². The molecule has 120 valence electrons. The summed E-state index contributed by atoms with van der Waals surface area (Å²) in [4.78, 5) is 0.242. The molecule has 0 heterocycles. The van der Waals surface area contributed by atoms with Crippen LogP contribution in [0.1, 0.15) is 52.0 Å². The summed E-state index contributed by atoms with van der Waals surface area (Å²) in [6, 6.07) is 6.96. The summed E-state index contributed by atoms with van der Waals surface area (Å²) in [5, 5.41) is 9.75. The first kappa shape index (κ1) is 18.1. The number of aliphatic hydroxyl groups is 1. The second-order valence-electron chi connectivity index (χ2n) is 6.01. The van der Waals surface area contributed by atoms with E-state index in [0.717, 1.165) is 12.0 Å². The molecule has 0 radical (unpaired) electrons. The number of nitrogens with one attached hydrogen (secondary N) is 1. The van der Waals surface area contributed by atoms with Crippen LogP contribution < -0.4 is 4.72 Å². The summed E-state index contributed by atoms with van der Waals surface area (Å²) in [5.41, 5.74) is 1.14. The molecule has 1 aromatic carbocycles. The molecule has 0 aliphatic rings. The van der Waals surface area contributed by atoms with Gasteiger partial charge in [0.2, 0.25) is 10.0 Å². The average molecular weight is 313 g/mol. The highest BCUT2D eigenvalue weighted by molar-refractivity contribution is 7.89. The molecular formula is C16H27NO3S. The molecule has 0 saturated carbocycles.